The van der Waals surface area contributed by atoms with Gasteiger partial charge in [-0.2, -0.15) is 0 Å². The van der Waals surface area contributed by atoms with Crippen LogP contribution in [0.4, 0.5) is 0 Å². The second-order valence-electron chi connectivity index (χ2n) is 8.17. The SMILES string of the molecule is CCC(=O)N1CCc2ccc(OC(CC)C(=O)NCCOC)cc2C1c1cccc(C)c1. The molecule has 3 rings (SSSR count). The molecule has 2 aromatic carbocycles. The maximum Gasteiger partial charge on any atom is 0.261 e. The zero-order chi connectivity index (χ0) is 23.1. The molecule has 6 heteroatoms. The first-order chi connectivity index (χ1) is 15.5. The quantitative estimate of drug-likeness (QED) is 0.605. The van der Waals surface area contributed by atoms with Gasteiger partial charge in [-0.3, -0.25) is 9.59 Å². The molecule has 2 amide bonds. The molecule has 0 saturated heterocycles. The van der Waals surface area contributed by atoms with Crippen LogP contribution in [0, 0.1) is 6.92 Å². The van der Waals surface area contributed by atoms with E-state index >= 15 is 0 Å². The van der Waals surface area contributed by atoms with Crippen LogP contribution in [-0.4, -0.2) is 49.6 Å². The summed E-state index contributed by atoms with van der Waals surface area (Å²) in [6.07, 6.45) is 1.24. The second kappa shape index (κ2) is 11.1. The molecule has 0 radical (unpaired) electrons. The Morgan fingerprint density at radius 2 is 2.00 bits per heavy atom. The first kappa shape index (κ1) is 23.8. The van der Waals surface area contributed by atoms with Gasteiger partial charge in [0.1, 0.15) is 5.75 Å². The normalized spacial score (nSPS) is 16.2. The van der Waals surface area contributed by atoms with Crippen molar-refractivity contribution in [2.24, 2.45) is 0 Å². The molecule has 0 fully saturated rings. The highest BCUT2D eigenvalue weighted by atomic mass is 16.5. The Kier molecular flexibility index (Phi) is 8.28. The number of amides is 2. The van der Waals surface area contributed by atoms with Crippen molar-refractivity contribution in [1.82, 2.24) is 10.2 Å². The molecule has 2 unspecified atom stereocenters. The first-order valence-electron chi connectivity index (χ1n) is 11.4. The number of ether oxygens (including phenoxy) is 2. The summed E-state index contributed by atoms with van der Waals surface area (Å²) in [5, 5.41) is 2.85. The van der Waals surface area contributed by atoms with E-state index in [1.54, 1.807) is 7.11 Å². The zero-order valence-corrected chi connectivity index (χ0v) is 19.5. The molecular weight excluding hydrogens is 404 g/mol. The number of nitrogens with one attached hydrogen (secondary N) is 1. The molecule has 1 aliphatic heterocycles. The molecule has 0 aromatic heterocycles. The van der Waals surface area contributed by atoms with Crippen molar-refractivity contribution in [2.75, 3.05) is 26.8 Å². The van der Waals surface area contributed by atoms with Gasteiger partial charge in [0.25, 0.3) is 5.91 Å². The van der Waals surface area contributed by atoms with E-state index in [0.29, 0.717) is 38.3 Å². The van der Waals surface area contributed by atoms with Crippen LogP contribution >= 0.6 is 0 Å². The van der Waals surface area contributed by atoms with Gasteiger partial charge in [-0.15, -0.1) is 0 Å². The highest BCUT2D eigenvalue weighted by Crippen LogP contribution is 2.38. The van der Waals surface area contributed by atoms with E-state index in [9.17, 15) is 9.59 Å². The summed E-state index contributed by atoms with van der Waals surface area (Å²) < 4.78 is 11.1. The minimum atomic E-state index is -0.584. The number of rotatable bonds is 9. The van der Waals surface area contributed by atoms with E-state index in [-0.39, 0.29) is 17.9 Å². The highest BCUT2D eigenvalue weighted by molar-refractivity contribution is 5.81. The number of carbonyl (C=O) groups excluding carboxylic acids is 2. The monoisotopic (exact) mass is 438 g/mol. The minimum absolute atomic E-state index is 0.137. The van der Waals surface area contributed by atoms with E-state index in [4.69, 9.17) is 9.47 Å². The van der Waals surface area contributed by atoms with Crippen LogP contribution in [0.3, 0.4) is 0 Å². The summed E-state index contributed by atoms with van der Waals surface area (Å²) in [4.78, 5) is 27.3. The molecule has 2 atom stereocenters. The molecule has 1 heterocycles. The zero-order valence-electron chi connectivity index (χ0n) is 19.5. The van der Waals surface area contributed by atoms with Crippen molar-refractivity contribution in [3.05, 3.63) is 64.7 Å². The van der Waals surface area contributed by atoms with Crippen LogP contribution in [0.25, 0.3) is 0 Å². The molecule has 0 saturated carbocycles. The Hall–Kier alpha value is -2.86. The second-order valence-corrected chi connectivity index (χ2v) is 8.17. The Balaban J connectivity index is 1.92. The third kappa shape index (κ3) is 5.49. The van der Waals surface area contributed by atoms with Crippen LogP contribution < -0.4 is 10.1 Å². The average molecular weight is 439 g/mol. The molecule has 172 valence electrons. The van der Waals surface area contributed by atoms with E-state index in [1.165, 1.54) is 5.56 Å². The number of hydrogen-bond donors (Lipinski definition) is 1. The minimum Gasteiger partial charge on any atom is -0.481 e. The highest BCUT2D eigenvalue weighted by Gasteiger charge is 2.32. The molecule has 0 aliphatic carbocycles. The molecule has 2 aromatic rings. The number of benzene rings is 2. The summed E-state index contributed by atoms with van der Waals surface area (Å²) in [6, 6.07) is 14.1. The van der Waals surface area contributed by atoms with Gasteiger partial charge in [-0.1, -0.05) is 49.7 Å². The van der Waals surface area contributed by atoms with Crippen LogP contribution in [-0.2, 0) is 20.7 Å². The Labute approximate surface area is 190 Å². The molecule has 0 bridgehead atoms. The van der Waals surface area contributed by atoms with Gasteiger partial charge in [-0.25, -0.2) is 0 Å². The fourth-order valence-corrected chi connectivity index (χ4v) is 4.21. The van der Waals surface area contributed by atoms with Crippen LogP contribution in [0.15, 0.2) is 42.5 Å². The molecule has 1 aliphatic rings. The summed E-state index contributed by atoms with van der Waals surface area (Å²) in [6.45, 7) is 7.49. The van der Waals surface area contributed by atoms with Crippen molar-refractivity contribution in [3.63, 3.8) is 0 Å². The average Bonchev–Trinajstić information content (AvgIpc) is 2.81. The van der Waals surface area contributed by atoms with Crippen LogP contribution in [0.1, 0.15) is 55.0 Å². The van der Waals surface area contributed by atoms with E-state index < -0.39 is 6.10 Å². The maximum absolute atomic E-state index is 12.8. The van der Waals surface area contributed by atoms with E-state index in [0.717, 1.165) is 23.1 Å². The first-order valence-corrected chi connectivity index (χ1v) is 11.4. The molecular formula is C26H34N2O4. The summed E-state index contributed by atoms with van der Waals surface area (Å²) >= 11 is 0. The Bertz CT molecular complexity index is 943. The van der Waals surface area contributed by atoms with Gasteiger partial charge in [0.2, 0.25) is 5.91 Å². The van der Waals surface area contributed by atoms with Gasteiger partial charge in [0.05, 0.1) is 12.6 Å². The number of hydrogen-bond acceptors (Lipinski definition) is 4. The number of carbonyl (C=O) groups is 2. The lowest BCUT2D eigenvalue weighted by molar-refractivity contribution is -0.133. The fraction of sp³-hybridized carbons (Fsp3) is 0.462. The van der Waals surface area contributed by atoms with Crippen molar-refractivity contribution < 1.29 is 19.1 Å². The van der Waals surface area contributed by atoms with Crippen LogP contribution in [0.2, 0.25) is 0 Å². The van der Waals surface area contributed by atoms with Gasteiger partial charge in [0, 0.05) is 26.6 Å². The Morgan fingerprint density at radius 3 is 2.69 bits per heavy atom. The predicted molar refractivity (Wildman–Crippen MR) is 125 cm³/mol. The summed E-state index contributed by atoms with van der Waals surface area (Å²) in [5.74, 6) is 0.624. The predicted octanol–water partition coefficient (Wildman–Crippen LogP) is 3.80. The Morgan fingerprint density at radius 1 is 1.19 bits per heavy atom. The lowest BCUT2D eigenvalue weighted by Gasteiger charge is -2.38. The number of methoxy groups -OCH3 is 1. The van der Waals surface area contributed by atoms with Crippen molar-refractivity contribution in [3.8, 4) is 5.75 Å². The number of fused-ring (bicyclic) bond motifs is 1. The van der Waals surface area contributed by atoms with Gasteiger partial charge < -0.3 is 19.7 Å². The third-order valence-corrected chi connectivity index (χ3v) is 5.87. The number of nitrogens with zero attached hydrogens (tertiary/aromatic N) is 1. The molecule has 6 nitrogen and oxygen atoms in total. The van der Waals surface area contributed by atoms with Gasteiger partial charge >= 0.3 is 0 Å². The molecule has 32 heavy (non-hydrogen) atoms. The maximum atomic E-state index is 12.8. The van der Waals surface area contributed by atoms with Crippen molar-refractivity contribution in [2.45, 2.75) is 52.2 Å². The smallest absolute Gasteiger partial charge is 0.261 e. The lowest BCUT2D eigenvalue weighted by Crippen LogP contribution is -2.40. The summed E-state index contributed by atoms with van der Waals surface area (Å²) in [5.41, 5.74) is 4.52. The largest absolute Gasteiger partial charge is 0.481 e. The van der Waals surface area contributed by atoms with Crippen molar-refractivity contribution >= 4 is 11.8 Å². The van der Waals surface area contributed by atoms with Crippen molar-refractivity contribution in [1.29, 1.82) is 0 Å². The fourth-order valence-electron chi connectivity index (χ4n) is 4.21. The summed E-state index contributed by atoms with van der Waals surface area (Å²) in [7, 11) is 1.60. The van der Waals surface area contributed by atoms with E-state index in [2.05, 4.69) is 36.5 Å². The molecule has 1 N–H and O–H groups in total. The molecule has 0 spiro atoms. The van der Waals surface area contributed by atoms with Crippen LogP contribution in [0.5, 0.6) is 5.75 Å². The number of aryl methyl sites for hydroxylation is 1. The topological polar surface area (TPSA) is 67.9 Å². The van der Waals surface area contributed by atoms with E-state index in [1.807, 2.05) is 36.9 Å². The van der Waals surface area contributed by atoms with Gasteiger partial charge in [0.15, 0.2) is 6.10 Å². The standard InChI is InChI=1S/C26H34N2O4/c1-5-23(26(30)27-13-15-31-4)32-21-11-10-19-12-14-28(24(29)6-2)25(22(19)17-21)20-9-7-8-18(3)16-20/h7-11,16-17,23,25H,5-6,12-15H2,1-4H3,(H,27,30). The van der Waals surface area contributed by atoms with Gasteiger partial charge in [-0.05, 0) is 48.6 Å². The third-order valence-electron chi connectivity index (χ3n) is 5.87. The lowest BCUT2D eigenvalue weighted by atomic mass is 9.87.